The molecule has 0 spiro atoms. The van der Waals surface area contributed by atoms with Crippen LogP contribution in [-0.2, 0) is 13.0 Å². The molecule has 1 amide bonds. The standard InChI is InChI=1S/C18H22BrN3O/c1-2-17-20-8-11-22(17)13-14-6-9-21(10-7-14)18(23)15-4-3-5-16(19)12-15/h3-5,8,11-12,14H,2,6-7,9-10,13H2,1H3. The van der Waals surface area contributed by atoms with E-state index in [1.165, 1.54) is 0 Å². The first-order chi connectivity index (χ1) is 11.2. The van der Waals surface area contributed by atoms with Crippen LogP contribution in [0.5, 0.6) is 0 Å². The van der Waals surface area contributed by atoms with Crippen LogP contribution in [-0.4, -0.2) is 33.4 Å². The first-order valence-electron chi connectivity index (χ1n) is 8.22. The molecule has 0 unspecified atom stereocenters. The predicted molar refractivity (Wildman–Crippen MR) is 94.4 cm³/mol. The lowest BCUT2D eigenvalue weighted by atomic mass is 9.96. The van der Waals surface area contributed by atoms with Gasteiger partial charge in [0.25, 0.3) is 5.91 Å². The second-order valence-corrected chi connectivity index (χ2v) is 7.01. The van der Waals surface area contributed by atoms with Gasteiger partial charge in [-0.05, 0) is 37.0 Å². The highest BCUT2D eigenvalue weighted by molar-refractivity contribution is 9.10. The average molecular weight is 376 g/mol. The summed E-state index contributed by atoms with van der Waals surface area (Å²) in [5, 5.41) is 0. The third-order valence-corrected chi connectivity index (χ3v) is 5.04. The molecular weight excluding hydrogens is 354 g/mol. The molecule has 0 radical (unpaired) electrons. The molecule has 1 saturated heterocycles. The van der Waals surface area contributed by atoms with Crippen LogP contribution in [0.4, 0.5) is 0 Å². The average Bonchev–Trinajstić information content (AvgIpc) is 3.02. The SMILES string of the molecule is CCc1nccn1CC1CCN(C(=O)c2cccc(Br)c2)CC1. The lowest BCUT2D eigenvalue weighted by molar-refractivity contribution is 0.0682. The minimum atomic E-state index is 0.140. The van der Waals surface area contributed by atoms with Gasteiger partial charge in [0.05, 0.1) is 0 Å². The van der Waals surface area contributed by atoms with Crippen LogP contribution in [0.15, 0.2) is 41.1 Å². The predicted octanol–water partition coefficient (Wildman–Crippen LogP) is 3.76. The summed E-state index contributed by atoms with van der Waals surface area (Å²) in [4.78, 5) is 18.9. The number of hydrogen-bond acceptors (Lipinski definition) is 2. The lowest BCUT2D eigenvalue weighted by Gasteiger charge is -2.32. The van der Waals surface area contributed by atoms with Gasteiger partial charge in [-0.15, -0.1) is 0 Å². The maximum absolute atomic E-state index is 12.6. The third-order valence-electron chi connectivity index (χ3n) is 4.55. The largest absolute Gasteiger partial charge is 0.339 e. The van der Waals surface area contributed by atoms with Crippen molar-refractivity contribution in [1.82, 2.24) is 14.5 Å². The summed E-state index contributed by atoms with van der Waals surface area (Å²) in [5.74, 6) is 1.92. The number of halogens is 1. The molecule has 0 N–H and O–H groups in total. The maximum atomic E-state index is 12.6. The number of rotatable bonds is 4. The fourth-order valence-electron chi connectivity index (χ4n) is 3.22. The van der Waals surface area contributed by atoms with Gasteiger partial charge in [-0.25, -0.2) is 4.98 Å². The van der Waals surface area contributed by atoms with E-state index in [1.54, 1.807) is 0 Å². The van der Waals surface area contributed by atoms with E-state index in [9.17, 15) is 4.79 Å². The molecule has 1 aliphatic rings. The molecule has 1 aromatic carbocycles. The molecule has 122 valence electrons. The molecule has 2 aromatic rings. The van der Waals surface area contributed by atoms with E-state index in [-0.39, 0.29) is 5.91 Å². The van der Waals surface area contributed by atoms with Crippen molar-refractivity contribution in [3.8, 4) is 0 Å². The van der Waals surface area contributed by atoms with Crippen molar-refractivity contribution >= 4 is 21.8 Å². The van der Waals surface area contributed by atoms with Crippen LogP contribution >= 0.6 is 15.9 Å². The normalized spacial score (nSPS) is 15.8. The number of carbonyl (C=O) groups excluding carboxylic acids is 1. The molecule has 0 aliphatic carbocycles. The topological polar surface area (TPSA) is 38.1 Å². The van der Waals surface area contributed by atoms with E-state index >= 15 is 0 Å². The van der Waals surface area contributed by atoms with Crippen LogP contribution in [0.1, 0.15) is 35.9 Å². The fraction of sp³-hybridized carbons (Fsp3) is 0.444. The molecule has 3 rings (SSSR count). The van der Waals surface area contributed by atoms with E-state index < -0.39 is 0 Å². The van der Waals surface area contributed by atoms with Crippen molar-refractivity contribution in [3.05, 3.63) is 52.5 Å². The Morgan fingerprint density at radius 1 is 1.35 bits per heavy atom. The van der Waals surface area contributed by atoms with Gasteiger partial charge in [0.1, 0.15) is 5.82 Å². The molecule has 23 heavy (non-hydrogen) atoms. The fourth-order valence-corrected chi connectivity index (χ4v) is 3.62. The molecule has 1 fully saturated rings. The Kier molecular flexibility index (Phi) is 5.16. The zero-order valence-electron chi connectivity index (χ0n) is 13.4. The number of imidazole rings is 1. The number of hydrogen-bond donors (Lipinski definition) is 0. The van der Waals surface area contributed by atoms with Gasteiger partial charge >= 0.3 is 0 Å². The van der Waals surface area contributed by atoms with E-state index in [0.29, 0.717) is 5.92 Å². The zero-order chi connectivity index (χ0) is 16.2. The van der Waals surface area contributed by atoms with Crippen LogP contribution in [0, 0.1) is 5.92 Å². The number of likely N-dealkylation sites (tertiary alicyclic amines) is 1. The number of amides is 1. The Labute approximate surface area is 145 Å². The molecule has 0 saturated carbocycles. The van der Waals surface area contributed by atoms with Crippen molar-refractivity contribution in [3.63, 3.8) is 0 Å². The van der Waals surface area contributed by atoms with Crippen molar-refractivity contribution < 1.29 is 4.79 Å². The number of piperidine rings is 1. The smallest absolute Gasteiger partial charge is 0.253 e. The van der Waals surface area contributed by atoms with Crippen molar-refractivity contribution in [2.75, 3.05) is 13.1 Å². The van der Waals surface area contributed by atoms with E-state index in [0.717, 1.165) is 54.8 Å². The van der Waals surface area contributed by atoms with Crippen molar-refractivity contribution in [2.45, 2.75) is 32.7 Å². The van der Waals surface area contributed by atoms with Gasteiger partial charge in [-0.1, -0.05) is 28.9 Å². The van der Waals surface area contributed by atoms with E-state index in [1.807, 2.05) is 35.4 Å². The molecule has 1 aromatic heterocycles. The molecular formula is C18H22BrN3O. The quantitative estimate of drug-likeness (QED) is 0.815. The van der Waals surface area contributed by atoms with Crippen LogP contribution in [0.25, 0.3) is 0 Å². The minimum Gasteiger partial charge on any atom is -0.339 e. The van der Waals surface area contributed by atoms with Gasteiger partial charge in [0.15, 0.2) is 0 Å². The molecule has 0 atom stereocenters. The first kappa shape index (κ1) is 16.2. The summed E-state index contributed by atoms with van der Waals surface area (Å²) in [6.45, 7) is 4.83. The third kappa shape index (κ3) is 3.83. The highest BCUT2D eigenvalue weighted by atomic mass is 79.9. The zero-order valence-corrected chi connectivity index (χ0v) is 15.0. The summed E-state index contributed by atoms with van der Waals surface area (Å²) in [6, 6.07) is 7.64. The Morgan fingerprint density at radius 3 is 2.83 bits per heavy atom. The summed E-state index contributed by atoms with van der Waals surface area (Å²) in [5.41, 5.74) is 0.765. The summed E-state index contributed by atoms with van der Waals surface area (Å²) >= 11 is 3.43. The number of nitrogens with zero attached hydrogens (tertiary/aromatic N) is 3. The second kappa shape index (κ2) is 7.30. The Balaban J connectivity index is 1.57. The van der Waals surface area contributed by atoms with Crippen LogP contribution < -0.4 is 0 Å². The van der Waals surface area contributed by atoms with Gasteiger partial charge in [0, 0.05) is 48.5 Å². The maximum Gasteiger partial charge on any atom is 0.253 e. The Hall–Kier alpha value is -1.62. The van der Waals surface area contributed by atoms with E-state index in [4.69, 9.17) is 0 Å². The number of aromatic nitrogens is 2. The van der Waals surface area contributed by atoms with Gasteiger partial charge < -0.3 is 9.47 Å². The van der Waals surface area contributed by atoms with Gasteiger partial charge in [-0.3, -0.25) is 4.79 Å². The first-order valence-corrected chi connectivity index (χ1v) is 9.01. The van der Waals surface area contributed by atoms with Crippen LogP contribution in [0.2, 0.25) is 0 Å². The second-order valence-electron chi connectivity index (χ2n) is 6.10. The van der Waals surface area contributed by atoms with Crippen molar-refractivity contribution in [2.24, 2.45) is 5.92 Å². The van der Waals surface area contributed by atoms with E-state index in [2.05, 4.69) is 38.6 Å². The monoisotopic (exact) mass is 375 g/mol. The molecule has 1 aliphatic heterocycles. The molecule has 4 nitrogen and oxygen atoms in total. The number of aryl methyl sites for hydroxylation is 1. The lowest BCUT2D eigenvalue weighted by Crippen LogP contribution is -2.39. The summed E-state index contributed by atoms with van der Waals surface area (Å²) in [7, 11) is 0. The van der Waals surface area contributed by atoms with Crippen molar-refractivity contribution in [1.29, 1.82) is 0 Å². The summed E-state index contributed by atoms with van der Waals surface area (Å²) in [6.07, 6.45) is 7.03. The minimum absolute atomic E-state index is 0.140. The van der Waals surface area contributed by atoms with Gasteiger partial charge in [0.2, 0.25) is 0 Å². The molecule has 2 heterocycles. The highest BCUT2D eigenvalue weighted by Gasteiger charge is 2.24. The summed E-state index contributed by atoms with van der Waals surface area (Å²) < 4.78 is 3.21. The Bertz CT molecular complexity index is 674. The molecule has 0 bridgehead atoms. The highest BCUT2D eigenvalue weighted by Crippen LogP contribution is 2.22. The van der Waals surface area contributed by atoms with Crippen LogP contribution in [0.3, 0.4) is 0 Å². The Morgan fingerprint density at radius 2 is 2.13 bits per heavy atom. The number of carbonyl (C=O) groups is 1. The van der Waals surface area contributed by atoms with Gasteiger partial charge in [-0.2, -0.15) is 0 Å². The molecule has 5 heteroatoms. The number of benzene rings is 1.